The lowest BCUT2D eigenvalue weighted by Crippen LogP contribution is -2.60. The minimum absolute atomic E-state index is 0.140. The van der Waals surface area contributed by atoms with Crippen molar-refractivity contribution in [2.24, 2.45) is 11.8 Å². The molecule has 0 aliphatic carbocycles. The molecule has 1 N–H and O–H groups in total. The van der Waals surface area contributed by atoms with Gasteiger partial charge in [0.2, 0.25) is 5.54 Å². The Kier molecular flexibility index (Phi) is 7.13. The Morgan fingerprint density at radius 1 is 1.07 bits per heavy atom. The lowest BCUT2D eigenvalue weighted by Gasteiger charge is -2.31. The van der Waals surface area contributed by atoms with Crippen LogP contribution in [-0.4, -0.2) is 37.0 Å². The summed E-state index contributed by atoms with van der Waals surface area (Å²) in [6, 6.07) is 7.26. The number of benzene rings is 1. The molecule has 27 heavy (non-hydrogen) atoms. The number of carbonyl (C=O) groups is 3. The molecule has 1 aliphatic heterocycles. The zero-order valence-electron chi connectivity index (χ0n) is 16.5. The van der Waals surface area contributed by atoms with Crippen molar-refractivity contribution >= 4 is 18.2 Å². The van der Waals surface area contributed by atoms with E-state index in [0.29, 0.717) is 6.42 Å². The average Bonchev–Trinajstić information content (AvgIpc) is 2.98. The van der Waals surface area contributed by atoms with Gasteiger partial charge in [-0.1, -0.05) is 43.2 Å². The van der Waals surface area contributed by atoms with E-state index in [1.165, 1.54) is 0 Å². The van der Waals surface area contributed by atoms with Crippen LogP contribution in [0.1, 0.15) is 50.8 Å². The van der Waals surface area contributed by atoms with E-state index in [0.717, 1.165) is 23.8 Å². The Bertz CT molecular complexity index is 652. The number of aldehydes is 1. The van der Waals surface area contributed by atoms with Crippen molar-refractivity contribution in [2.75, 3.05) is 13.2 Å². The zero-order valence-corrected chi connectivity index (χ0v) is 16.5. The smallest absolute Gasteiger partial charge is 0.338 e. The minimum atomic E-state index is -1.68. The van der Waals surface area contributed by atoms with Gasteiger partial charge in [0.15, 0.2) is 0 Å². The van der Waals surface area contributed by atoms with Crippen LogP contribution in [0.25, 0.3) is 0 Å². The molecule has 2 rings (SSSR count). The van der Waals surface area contributed by atoms with Crippen molar-refractivity contribution in [3.63, 3.8) is 0 Å². The molecule has 1 aliphatic rings. The largest absolute Gasteiger partial charge is 0.464 e. The molecule has 6 heteroatoms. The van der Waals surface area contributed by atoms with Crippen molar-refractivity contribution in [3.05, 3.63) is 35.4 Å². The van der Waals surface area contributed by atoms with Gasteiger partial charge in [0.25, 0.3) is 0 Å². The third-order valence-corrected chi connectivity index (χ3v) is 5.18. The fourth-order valence-corrected chi connectivity index (χ4v) is 3.94. The highest BCUT2D eigenvalue weighted by Gasteiger charge is 2.64. The Labute approximate surface area is 160 Å². The van der Waals surface area contributed by atoms with Crippen molar-refractivity contribution in [2.45, 2.75) is 52.1 Å². The summed E-state index contributed by atoms with van der Waals surface area (Å²) in [5.74, 6) is -2.43. The van der Waals surface area contributed by atoms with Gasteiger partial charge in [0.05, 0.1) is 13.2 Å². The highest BCUT2D eigenvalue weighted by atomic mass is 16.6. The Morgan fingerprint density at radius 2 is 1.63 bits per heavy atom. The van der Waals surface area contributed by atoms with Gasteiger partial charge in [-0.25, -0.2) is 9.59 Å². The van der Waals surface area contributed by atoms with Crippen LogP contribution in [0, 0.1) is 18.8 Å². The number of hydrogen-bond acceptors (Lipinski definition) is 6. The summed E-state index contributed by atoms with van der Waals surface area (Å²) in [6.07, 6.45) is 2.09. The van der Waals surface area contributed by atoms with Crippen LogP contribution in [0.15, 0.2) is 24.3 Å². The van der Waals surface area contributed by atoms with Crippen molar-refractivity contribution in [1.82, 2.24) is 5.32 Å². The van der Waals surface area contributed by atoms with Gasteiger partial charge in [0, 0.05) is 17.9 Å². The first-order chi connectivity index (χ1) is 13.0. The van der Waals surface area contributed by atoms with Crippen LogP contribution in [0.4, 0.5) is 0 Å². The summed E-state index contributed by atoms with van der Waals surface area (Å²) in [7, 11) is 0. The molecule has 3 atom stereocenters. The van der Waals surface area contributed by atoms with Gasteiger partial charge in [-0.2, -0.15) is 0 Å². The Hall–Kier alpha value is -2.21. The summed E-state index contributed by atoms with van der Waals surface area (Å²) in [5.41, 5.74) is 0.268. The third-order valence-electron chi connectivity index (χ3n) is 5.18. The Morgan fingerprint density at radius 3 is 2.07 bits per heavy atom. The van der Waals surface area contributed by atoms with Crippen LogP contribution < -0.4 is 5.32 Å². The van der Waals surface area contributed by atoms with Crippen molar-refractivity contribution in [3.8, 4) is 0 Å². The minimum Gasteiger partial charge on any atom is -0.464 e. The molecule has 0 amide bonds. The van der Waals surface area contributed by atoms with Crippen LogP contribution >= 0.6 is 0 Å². The van der Waals surface area contributed by atoms with Gasteiger partial charge >= 0.3 is 11.9 Å². The summed E-state index contributed by atoms with van der Waals surface area (Å²) < 4.78 is 10.5. The molecule has 1 saturated heterocycles. The molecular weight excluding hydrogens is 346 g/mol. The highest BCUT2D eigenvalue weighted by Crippen LogP contribution is 2.45. The fourth-order valence-electron chi connectivity index (χ4n) is 3.94. The van der Waals surface area contributed by atoms with E-state index in [1.807, 2.05) is 38.1 Å². The third kappa shape index (κ3) is 3.90. The molecule has 1 fully saturated rings. The number of rotatable bonds is 8. The molecule has 0 unspecified atom stereocenters. The molecule has 1 aromatic rings. The van der Waals surface area contributed by atoms with E-state index >= 15 is 0 Å². The predicted octanol–water partition coefficient (Wildman–Crippen LogP) is 2.74. The van der Waals surface area contributed by atoms with E-state index in [4.69, 9.17) is 9.47 Å². The standard InChI is InChI=1S/C21H29NO5/c1-5-8-17-16(13-23)18(15-11-9-14(4)10-12-15)22-21(17,19(24)26-6-2)20(25)27-7-3/h9-13,16-18,22H,5-8H2,1-4H3/t16-,17-,18-/m1/s1. The fraction of sp³-hybridized carbons (Fsp3) is 0.571. The first-order valence-corrected chi connectivity index (χ1v) is 9.60. The van der Waals surface area contributed by atoms with Gasteiger partial charge in [-0.05, 0) is 32.8 Å². The molecule has 1 heterocycles. The highest BCUT2D eigenvalue weighted by molar-refractivity contribution is 6.06. The molecular formula is C21H29NO5. The molecule has 0 spiro atoms. The first kappa shape index (κ1) is 21.1. The van der Waals surface area contributed by atoms with Crippen LogP contribution in [-0.2, 0) is 23.9 Å². The first-order valence-electron chi connectivity index (χ1n) is 9.60. The molecule has 0 radical (unpaired) electrons. The number of esters is 2. The quantitative estimate of drug-likeness (QED) is 0.427. The molecule has 0 aromatic heterocycles. The molecule has 6 nitrogen and oxygen atoms in total. The van der Waals surface area contributed by atoms with E-state index in [-0.39, 0.29) is 13.2 Å². The number of nitrogens with one attached hydrogen (secondary N) is 1. The van der Waals surface area contributed by atoms with Crippen LogP contribution in [0.2, 0.25) is 0 Å². The lowest BCUT2D eigenvalue weighted by molar-refractivity contribution is -0.168. The summed E-state index contributed by atoms with van der Waals surface area (Å²) in [5, 5.41) is 3.16. The second-order valence-electron chi connectivity index (χ2n) is 6.89. The summed E-state index contributed by atoms with van der Waals surface area (Å²) in [6.45, 7) is 7.60. The van der Waals surface area contributed by atoms with Crippen LogP contribution in [0.3, 0.4) is 0 Å². The topological polar surface area (TPSA) is 81.7 Å². The average molecular weight is 375 g/mol. The van der Waals surface area contributed by atoms with Gasteiger partial charge in [-0.3, -0.25) is 5.32 Å². The van der Waals surface area contributed by atoms with Crippen LogP contribution in [0.5, 0.6) is 0 Å². The monoisotopic (exact) mass is 375 g/mol. The molecule has 0 saturated carbocycles. The SMILES string of the molecule is CCC[C@@H]1[C@@H](C=O)[C@@H](c2ccc(C)cc2)NC1(C(=O)OCC)C(=O)OCC. The van der Waals surface area contributed by atoms with Gasteiger partial charge in [0.1, 0.15) is 6.29 Å². The van der Waals surface area contributed by atoms with E-state index in [2.05, 4.69) is 5.32 Å². The van der Waals surface area contributed by atoms with Crippen molar-refractivity contribution in [1.29, 1.82) is 0 Å². The summed E-state index contributed by atoms with van der Waals surface area (Å²) in [4.78, 5) is 38.0. The number of aryl methyl sites for hydroxylation is 1. The normalized spacial score (nSPS) is 23.6. The molecule has 1 aromatic carbocycles. The maximum absolute atomic E-state index is 13.0. The Balaban J connectivity index is 2.57. The molecule has 148 valence electrons. The van der Waals surface area contributed by atoms with Gasteiger partial charge in [-0.15, -0.1) is 0 Å². The van der Waals surface area contributed by atoms with Gasteiger partial charge < -0.3 is 14.3 Å². The lowest BCUT2D eigenvalue weighted by atomic mass is 9.75. The maximum atomic E-state index is 13.0. The van der Waals surface area contributed by atoms with E-state index in [9.17, 15) is 14.4 Å². The number of carbonyl (C=O) groups excluding carboxylic acids is 3. The molecule has 0 bridgehead atoms. The summed E-state index contributed by atoms with van der Waals surface area (Å²) >= 11 is 0. The number of ether oxygens (including phenoxy) is 2. The van der Waals surface area contributed by atoms with Crippen molar-refractivity contribution < 1.29 is 23.9 Å². The second-order valence-corrected chi connectivity index (χ2v) is 6.89. The van der Waals surface area contributed by atoms with E-state index < -0.39 is 35.4 Å². The second kappa shape index (κ2) is 9.13. The zero-order chi connectivity index (χ0) is 20.0. The van der Waals surface area contributed by atoms with E-state index in [1.54, 1.807) is 13.8 Å². The maximum Gasteiger partial charge on any atom is 0.338 e. The predicted molar refractivity (Wildman–Crippen MR) is 101 cm³/mol. The number of hydrogen-bond donors (Lipinski definition) is 1.